The Bertz CT molecular complexity index is 913. The molecule has 2 rings (SSSR count). The van der Waals surface area contributed by atoms with Crippen LogP contribution in [0.3, 0.4) is 0 Å². The average molecular weight is 366 g/mol. The maximum absolute atomic E-state index is 13.8. The number of carbonyl (C=O) groups is 1. The van der Waals surface area contributed by atoms with Crippen molar-refractivity contribution in [2.24, 2.45) is 5.14 Å². The van der Waals surface area contributed by atoms with E-state index in [4.69, 9.17) is 9.88 Å². The van der Waals surface area contributed by atoms with Crippen molar-refractivity contribution in [1.82, 2.24) is 5.32 Å². The summed E-state index contributed by atoms with van der Waals surface area (Å²) in [5.74, 6) is -0.917. The Morgan fingerprint density at radius 2 is 1.92 bits per heavy atom. The minimum atomic E-state index is -3.93. The monoisotopic (exact) mass is 366 g/mol. The smallest absolute Gasteiger partial charge is 0.251 e. The molecule has 0 saturated heterocycles. The van der Waals surface area contributed by atoms with Crippen LogP contribution in [-0.2, 0) is 10.0 Å². The molecule has 0 aliphatic carbocycles. The fourth-order valence-electron chi connectivity index (χ4n) is 2.36. The van der Waals surface area contributed by atoms with Gasteiger partial charge in [0.2, 0.25) is 10.0 Å². The SMILES string of the molecule is COc1ccc([C@@H](C)NC(=O)c2ccc(C)c(S(N)(=O)=O)c2)cc1F. The summed E-state index contributed by atoms with van der Waals surface area (Å²) in [7, 11) is -2.56. The van der Waals surface area contributed by atoms with Gasteiger partial charge in [0, 0.05) is 5.56 Å². The van der Waals surface area contributed by atoms with Crippen LogP contribution in [0, 0.1) is 12.7 Å². The van der Waals surface area contributed by atoms with Crippen molar-refractivity contribution in [1.29, 1.82) is 0 Å². The van der Waals surface area contributed by atoms with Crippen LogP contribution in [0.15, 0.2) is 41.3 Å². The van der Waals surface area contributed by atoms with E-state index in [1.165, 1.54) is 37.4 Å². The second-order valence-corrected chi connectivity index (χ2v) is 7.14. The van der Waals surface area contributed by atoms with Gasteiger partial charge >= 0.3 is 0 Å². The maximum atomic E-state index is 13.8. The van der Waals surface area contributed by atoms with E-state index < -0.39 is 27.8 Å². The summed E-state index contributed by atoms with van der Waals surface area (Å²) in [5.41, 5.74) is 1.14. The molecule has 0 radical (unpaired) electrons. The Morgan fingerprint density at radius 3 is 2.48 bits per heavy atom. The largest absolute Gasteiger partial charge is 0.494 e. The van der Waals surface area contributed by atoms with E-state index in [-0.39, 0.29) is 16.2 Å². The highest BCUT2D eigenvalue weighted by atomic mass is 32.2. The van der Waals surface area contributed by atoms with Crippen molar-refractivity contribution >= 4 is 15.9 Å². The minimum absolute atomic E-state index is 0.108. The molecule has 2 aromatic carbocycles. The maximum Gasteiger partial charge on any atom is 0.251 e. The summed E-state index contributed by atoms with van der Waals surface area (Å²) in [6, 6.07) is 8.12. The number of halogens is 1. The second-order valence-electron chi connectivity index (χ2n) is 5.61. The highest BCUT2D eigenvalue weighted by Crippen LogP contribution is 2.22. The number of benzene rings is 2. The van der Waals surface area contributed by atoms with Crippen molar-refractivity contribution < 1.29 is 22.3 Å². The first-order chi connectivity index (χ1) is 11.6. The van der Waals surface area contributed by atoms with Gasteiger partial charge in [-0.3, -0.25) is 4.79 Å². The topological polar surface area (TPSA) is 98.5 Å². The van der Waals surface area contributed by atoms with Crippen LogP contribution < -0.4 is 15.2 Å². The predicted molar refractivity (Wildman–Crippen MR) is 91.4 cm³/mol. The summed E-state index contributed by atoms with van der Waals surface area (Å²) in [6.07, 6.45) is 0. The van der Waals surface area contributed by atoms with Gasteiger partial charge in [-0.2, -0.15) is 0 Å². The number of aryl methyl sites for hydroxylation is 1. The summed E-state index contributed by atoms with van der Waals surface area (Å²) >= 11 is 0. The van der Waals surface area contributed by atoms with Gasteiger partial charge in [0.15, 0.2) is 11.6 Å². The van der Waals surface area contributed by atoms with Gasteiger partial charge < -0.3 is 10.1 Å². The lowest BCUT2D eigenvalue weighted by Crippen LogP contribution is -2.27. The van der Waals surface area contributed by atoms with Crippen LogP contribution in [0.2, 0.25) is 0 Å². The highest BCUT2D eigenvalue weighted by Gasteiger charge is 2.17. The third-order valence-electron chi connectivity index (χ3n) is 3.78. The van der Waals surface area contributed by atoms with Crippen molar-refractivity contribution in [3.63, 3.8) is 0 Å². The van der Waals surface area contributed by atoms with Crippen LogP contribution in [0.25, 0.3) is 0 Å². The molecule has 0 spiro atoms. The molecule has 0 unspecified atom stereocenters. The number of methoxy groups -OCH3 is 1. The molecule has 1 amide bonds. The zero-order valence-corrected chi connectivity index (χ0v) is 14.9. The molecule has 0 aromatic heterocycles. The predicted octanol–water partition coefficient (Wildman–Crippen LogP) is 2.28. The molecule has 0 aliphatic heterocycles. The molecule has 8 heteroatoms. The van der Waals surface area contributed by atoms with Gasteiger partial charge in [-0.25, -0.2) is 17.9 Å². The molecule has 0 heterocycles. The van der Waals surface area contributed by atoms with Crippen molar-refractivity contribution in [2.75, 3.05) is 7.11 Å². The van der Waals surface area contributed by atoms with Crippen LogP contribution in [-0.4, -0.2) is 21.4 Å². The van der Waals surface area contributed by atoms with Crippen molar-refractivity contribution in [3.05, 3.63) is 58.9 Å². The van der Waals surface area contributed by atoms with Gasteiger partial charge in [-0.15, -0.1) is 0 Å². The Hall–Kier alpha value is -2.45. The minimum Gasteiger partial charge on any atom is -0.494 e. The van der Waals surface area contributed by atoms with E-state index in [1.807, 2.05) is 0 Å². The van der Waals surface area contributed by atoms with Crippen LogP contribution >= 0.6 is 0 Å². The number of ether oxygens (including phenoxy) is 1. The zero-order chi connectivity index (χ0) is 18.8. The normalized spacial score (nSPS) is 12.5. The number of hydrogen-bond donors (Lipinski definition) is 2. The van der Waals surface area contributed by atoms with Crippen LogP contribution in [0.4, 0.5) is 4.39 Å². The third kappa shape index (κ3) is 4.34. The Morgan fingerprint density at radius 1 is 1.24 bits per heavy atom. The van der Waals surface area contributed by atoms with Crippen LogP contribution in [0.1, 0.15) is 34.5 Å². The molecule has 0 bridgehead atoms. The number of hydrogen-bond acceptors (Lipinski definition) is 4. The van der Waals surface area contributed by atoms with E-state index >= 15 is 0 Å². The average Bonchev–Trinajstić information content (AvgIpc) is 2.53. The number of amides is 1. The molecule has 1 atom stereocenters. The molecule has 3 N–H and O–H groups in total. The number of rotatable bonds is 5. The fourth-order valence-corrected chi connectivity index (χ4v) is 3.17. The van der Waals surface area contributed by atoms with Gasteiger partial charge in [0.1, 0.15) is 0 Å². The molecule has 0 saturated carbocycles. The Kier molecular flexibility index (Phi) is 5.44. The molecular formula is C17H19FN2O4S. The molecule has 0 fully saturated rings. The first-order valence-electron chi connectivity index (χ1n) is 7.41. The molecule has 2 aromatic rings. The summed E-state index contributed by atoms with van der Waals surface area (Å²) in [4.78, 5) is 12.3. The molecule has 25 heavy (non-hydrogen) atoms. The number of carbonyl (C=O) groups excluding carboxylic acids is 1. The van der Waals surface area contributed by atoms with Gasteiger partial charge in [-0.1, -0.05) is 12.1 Å². The highest BCUT2D eigenvalue weighted by molar-refractivity contribution is 7.89. The lowest BCUT2D eigenvalue weighted by Gasteiger charge is -2.16. The molecule has 0 aliphatic rings. The van der Waals surface area contributed by atoms with Crippen molar-refractivity contribution in [2.45, 2.75) is 24.8 Å². The van der Waals surface area contributed by atoms with Crippen molar-refractivity contribution in [3.8, 4) is 5.75 Å². The first-order valence-corrected chi connectivity index (χ1v) is 8.96. The van der Waals surface area contributed by atoms with E-state index in [0.717, 1.165) is 0 Å². The van der Waals surface area contributed by atoms with E-state index in [2.05, 4.69) is 5.32 Å². The summed E-state index contributed by atoms with van der Waals surface area (Å²) in [6.45, 7) is 3.28. The molecule has 134 valence electrons. The second kappa shape index (κ2) is 7.20. The van der Waals surface area contributed by atoms with Gasteiger partial charge in [0.25, 0.3) is 5.91 Å². The lowest BCUT2D eigenvalue weighted by atomic mass is 10.1. The van der Waals surface area contributed by atoms with Crippen LogP contribution in [0.5, 0.6) is 5.75 Å². The standard InChI is InChI=1S/C17H19FN2O4S/c1-10-4-5-13(9-16(10)25(19,22)23)17(21)20-11(2)12-6-7-15(24-3)14(18)8-12/h4-9,11H,1-3H3,(H,20,21)(H2,19,22,23)/t11-/m1/s1. The van der Waals surface area contributed by atoms with E-state index in [1.54, 1.807) is 19.9 Å². The van der Waals surface area contributed by atoms with E-state index in [0.29, 0.717) is 11.1 Å². The first kappa shape index (κ1) is 18.9. The number of sulfonamides is 1. The lowest BCUT2D eigenvalue weighted by molar-refractivity contribution is 0.0939. The van der Waals surface area contributed by atoms with Gasteiger partial charge in [-0.05, 0) is 49.2 Å². The number of primary sulfonamides is 1. The molecular weight excluding hydrogens is 347 g/mol. The summed E-state index contributed by atoms with van der Waals surface area (Å²) in [5, 5.41) is 7.84. The third-order valence-corrected chi connectivity index (χ3v) is 4.83. The fraction of sp³-hybridized carbons (Fsp3) is 0.235. The summed E-state index contributed by atoms with van der Waals surface area (Å²) < 4.78 is 41.8. The van der Waals surface area contributed by atoms with Gasteiger partial charge in [0.05, 0.1) is 18.0 Å². The van der Waals surface area contributed by atoms with E-state index in [9.17, 15) is 17.6 Å². The number of nitrogens with one attached hydrogen (secondary N) is 1. The zero-order valence-electron chi connectivity index (χ0n) is 14.0. The molecule has 6 nitrogen and oxygen atoms in total. The number of nitrogens with two attached hydrogens (primary N) is 1. The Labute approximate surface area is 145 Å². The Balaban J connectivity index is 2.23. The quantitative estimate of drug-likeness (QED) is 0.848.